The molecule has 0 unspecified atom stereocenters. The van der Waals surface area contributed by atoms with Crippen LogP contribution in [0.3, 0.4) is 0 Å². The van der Waals surface area contributed by atoms with E-state index in [2.05, 4.69) is 20.8 Å². The molecule has 2 atom stereocenters. The molecule has 3 heterocycles. The Balaban J connectivity index is 1.28. The SMILES string of the molecule is C[C@H](Sc1nnc(NC[C@H]2CCCO2)s1)C(=O)Nc1ccc2c(c1)OCO2. The molecular weight excluding hydrogens is 388 g/mol. The first-order valence-electron chi connectivity index (χ1n) is 8.73. The van der Waals surface area contributed by atoms with E-state index in [1.165, 1.54) is 23.1 Å². The minimum atomic E-state index is -0.311. The van der Waals surface area contributed by atoms with Gasteiger partial charge in [-0.3, -0.25) is 4.79 Å². The third-order valence-electron chi connectivity index (χ3n) is 4.20. The summed E-state index contributed by atoms with van der Waals surface area (Å²) in [6.07, 6.45) is 2.43. The van der Waals surface area contributed by atoms with Crippen LogP contribution in [0.4, 0.5) is 10.8 Å². The van der Waals surface area contributed by atoms with Crippen molar-refractivity contribution in [1.82, 2.24) is 10.2 Å². The summed E-state index contributed by atoms with van der Waals surface area (Å²) >= 11 is 2.82. The van der Waals surface area contributed by atoms with Crippen LogP contribution in [0.2, 0.25) is 0 Å². The van der Waals surface area contributed by atoms with Gasteiger partial charge in [-0.05, 0) is 31.9 Å². The lowest BCUT2D eigenvalue weighted by molar-refractivity contribution is -0.115. The van der Waals surface area contributed by atoms with E-state index in [9.17, 15) is 4.79 Å². The molecule has 2 N–H and O–H groups in total. The number of carbonyl (C=O) groups is 1. The molecule has 10 heteroatoms. The van der Waals surface area contributed by atoms with Gasteiger partial charge in [0.25, 0.3) is 0 Å². The van der Waals surface area contributed by atoms with E-state index in [1.54, 1.807) is 18.2 Å². The van der Waals surface area contributed by atoms with Gasteiger partial charge in [0.05, 0.1) is 11.4 Å². The van der Waals surface area contributed by atoms with Crippen molar-refractivity contribution in [2.24, 2.45) is 0 Å². The Bertz CT molecular complexity index is 810. The topological polar surface area (TPSA) is 94.6 Å². The zero-order valence-corrected chi connectivity index (χ0v) is 16.4. The predicted molar refractivity (Wildman–Crippen MR) is 104 cm³/mol. The largest absolute Gasteiger partial charge is 0.454 e. The van der Waals surface area contributed by atoms with Crippen LogP contribution in [0.15, 0.2) is 22.5 Å². The van der Waals surface area contributed by atoms with Gasteiger partial charge in [-0.15, -0.1) is 10.2 Å². The van der Waals surface area contributed by atoms with Crippen LogP contribution in [0, 0.1) is 0 Å². The molecule has 1 saturated heterocycles. The lowest BCUT2D eigenvalue weighted by Crippen LogP contribution is -2.22. The van der Waals surface area contributed by atoms with Gasteiger partial charge in [0.2, 0.25) is 17.8 Å². The minimum Gasteiger partial charge on any atom is -0.454 e. The molecule has 8 nitrogen and oxygen atoms in total. The molecule has 2 aromatic rings. The number of hydrogen-bond acceptors (Lipinski definition) is 9. The molecule has 0 aliphatic carbocycles. The lowest BCUT2D eigenvalue weighted by Gasteiger charge is -2.10. The maximum Gasteiger partial charge on any atom is 0.237 e. The van der Waals surface area contributed by atoms with Crippen molar-refractivity contribution in [3.05, 3.63) is 18.2 Å². The number of rotatable bonds is 7. The van der Waals surface area contributed by atoms with E-state index in [4.69, 9.17) is 14.2 Å². The van der Waals surface area contributed by atoms with Crippen molar-refractivity contribution in [2.75, 3.05) is 30.6 Å². The Morgan fingerprint density at radius 3 is 3.11 bits per heavy atom. The standard InChI is InChI=1S/C17H20N4O4S2/c1-10(15(22)19-11-4-5-13-14(7-11)25-9-24-13)26-17-21-20-16(27-17)18-8-12-3-2-6-23-12/h4-5,7,10,12H,2-3,6,8-9H2,1H3,(H,18,20)(H,19,22)/t10-,12+/m0/s1. The molecule has 0 saturated carbocycles. The summed E-state index contributed by atoms with van der Waals surface area (Å²) in [6.45, 7) is 3.62. The Labute approximate surface area is 165 Å². The summed E-state index contributed by atoms with van der Waals surface area (Å²) in [5, 5.41) is 14.9. The molecule has 1 amide bonds. The molecule has 0 radical (unpaired) electrons. The van der Waals surface area contributed by atoms with Crippen molar-refractivity contribution < 1.29 is 19.0 Å². The second kappa shape index (κ2) is 8.32. The summed E-state index contributed by atoms with van der Waals surface area (Å²) in [5.74, 6) is 1.22. The molecule has 2 aliphatic rings. The summed E-state index contributed by atoms with van der Waals surface area (Å²) in [4.78, 5) is 12.4. The molecular formula is C17H20N4O4S2. The van der Waals surface area contributed by atoms with Crippen LogP contribution >= 0.6 is 23.1 Å². The van der Waals surface area contributed by atoms with E-state index in [1.807, 2.05) is 6.92 Å². The Kier molecular flexibility index (Phi) is 5.65. The van der Waals surface area contributed by atoms with Crippen LogP contribution in [-0.4, -0.2) is 47.4 Å². The fourth-order valence-electron chi connectivity index (χ4n) is 2.76. The van der Waals surface area contributed by atoms with E-state index >= 15 is 0 Å². The van der Waals surface area contributed by atoms with Crippen LogP contribution in [-0.2, 0) is 9.53 Å². The van der Waals surface area contributed by atoms with Crippen molar-refractivity contribution >= 4 is 39.8 Å². The highest BCUT2D eigenvalue weighted by Crippen LogP contribution is 2.35. The Hall–Kier alpha value is -2.04. The lowest BCUT2D eigenvalue weighted by atomic mass is 10.2. The van der Waals surface area contributed by atoms with Gasteiger partial charge in [-0.2, -0.15) is 0 Å². The number of fused-ring (bicyclic) bond motifs is 1. The Morgan fingerprint density at radius 1 is 1.37 bits per heavy atom. The smallest absolute Gasteiger partial charge is 0.237 e. The van der Waals surface area contributed by atoms with E-state index in [-0.39, 0.29) is 24.1 Å². The van der Waals surface area contributed by atoms with Gasteiger partial charge in [-0.25, -0.2) is 0 Å². The molecule has 144 valence electrons. The molecule has 1 aromatic carbocycles. The molecule has 1 aromatic heterocycles. The number of thioether (sulfide) groups is 1. The van der Waals surface area contributed by atoms with Crippen molar-refractivity contribution in [3.8, 4) is 11.5 Å². The quantitative estimate of drug-likeness (QED) is 0.675. The molecule has 4 rings (SSSR count). The third-order valence-corrected chi connectivity index (χ3v) is 6.26. The molecule has 1 fully saturated rings. The fourth-order valence-corrected chi connectivity index (χ4v) is 4.66. The summed E-state index contributed by atoms with van der Waals surface area (Å²) in [7, 11) is 0. The van der Waals surface area contributed by atoms with Crippen molar-refractivity contribution in [3.63, 3.8) is 0 Å². The zero-order valence-electron chi connectivity index (χ0n) is 14.8. The number of nitrogens with one attached hydrogen (secondary N) is 2. The van der Waals surface area contributed by atoms with Gasteiger partial charge in [0, 0.05) is 24.9 Å². The van der Waals surface area contributed by atoms with Crippen LogP contribution < -0.4 is 20.1 Å². The molecule has 27 heavy (non-hydrogen) atoms. The number of aromatic nitrogens is 2. The molecule has 0 bridgehead atoms. The number of anilines is 2. The monoisotopic (exact) mass is 408 g/mol. The zero-order chi connectivity index (χ0) is 18.6. The van der Waals surface area contributed by atoms with Crippen molar-refractivity contribution in [2.45, 2.75) is 35.5 Å². The summed E-state index contributed by atoms with van der Waals surface area (Å²) < 4.78 is 16.9. The van der Waals surface area contributed by atoms with E-state index < -0.39 is 0 Å². The average Bonchev–Trinajstić information content (AvgIpc) is 3.41. The van der Waals surface area contributed by atoms with Gasteiger partial charge >= 0.3 is 0 Å². The highest BCUT2D eigenvalue weighted by atomic mass is 32.2. The minimum absolute atomic E-state index is 0.108. The maximum atomic E-state index is 12.4. The third kappa shape index (κ3) is 4.63. The van der Waals surface area contributed by atoms with Crippen molar-refractivity contribution in [1.29, 1.82) is 0 Å². The van der Waals surface area contributed by atoms with Crippen LogP contribution in [0.5, 0.6) is 11.5 Å². The number of nitrogens with zero attached hydrogens (tertiary/aromatic N) is 2. The predicted octanol–water partition coefficient (Wildman–Crippen LogP) is 2.98. The van der Waals surface area contributed by atoms with Gasteiger partial charge < -0.3 is 24.8 Å². The second-order valence-corrected chi connectivity index (χ2v) is 8.77. The molecule has 0 spiro atoms. The highest BCUT2D eigenvalue weighted by molar-refractivity contribution is 8.02. The number of hydrogen-bond donors (Lipinski definition) is 2. The average molecular weight is 409 g/mol. The highest BCUT2D eigenvalue weighted by Gasteiger charge is 2.20. The van der Waals surface area contributed by atoms with Gasteiger partial charge in [-0.1, -0.05) is 23.1 Å². The second-order valence-electron chi connectivity index (χ2n) is 6.21. The summed E-state index contributed by atoms with van der Waals surface area (Å²) in [5.41, 5.74) is 0.674. The number of ether oxygens (including phenoxy) is 3. The van der Waals surface area contributed by atoms with Gasteiger partial charge in [0.15, 0.2) is 15.8 Å². The number of carbonyl (C=O) groups excluding carboxylic acids is 1. The first-order valence-corrected chi connectivity index (χ1v) is 10.4. The normalized spacial score (nSPS) is 19.1. The fraction of sp³-hybridized carbons (Fsp3) is 0.471. The number of amides is 1. The van der Waals surface area contributed by atoms with E-state index in [0.717, 1.165) is 35.5 Å². The van der Waals surface area contributed by atoms with Crippen LogP contribution in [0.25, 0.3) is 0 Å². The molecule has 2 aliphatic heterocycles. The number of benzene rings is 1. The van der Waals surface area contributed by atoms with Crippen LogP contribution in [0.1, 0.15) is 19.8 Å². The first-order chi connectivity index (χ1) is 13.2. The summed E-state index contributed by atoms with van der Waals surface area (Å²) in [6, 6.07) is 5.34. The van der Waals surface area contributed by atoms with E-state index in [0.29, 0.717) is 17.2 Å². The maximum absolute atomic E-state index is 12.4. The van der Waals surface area contributed by atoms with Gasteiger partial charge in [0.1, 0.15) is 0 Å². The first kappa shape index (κ1) is 18.3. The Morgan fingerprint density at radius 2 is 2.26 bits per heavy atom.